The predicted molar refractivity (Wildman–Crippen MR) is 108 cm³/mol. The van der Waals surface area contributed by atoms with Gasteiger partial charge in [0.25, 0.3) is 0 Å². The van der Waals surface area contributed by atoms with Crippen LogP contribution in [0.25, 0.3) is 0 Å². The van der Waals surface area contributed by atoms with Crippen LogP contribution in [-0.4, -0.2) is 49.0 Å². The molecule has 1 aromatic carbocycles. The Morgan fingerprint density at radius 2 is 1.96 bits per heavy atom. The van der Waals surface area contributed by atoms with Gasteiger partial charge in [0.05, 0.1) is 10.3 Å². The van der Waals surface area contributed by atoms with Gasteiger partial charge in [-0.1, -0.05) is 30.0 Å². The van der Waals surface area contributed by atoms with Crippen molar-refractivity contribution >= 4 is 33.4 Å². The summed E-state index contributed by atoms with van der Waals surface area (Å²) in [5.74, 6) is 0.0317. The van der Waals surface area contributed by atoms with Crippen LogP contribution in [0, 0.1) is 0 Å². The molecule has 8 heteroatoms. The number of thioether (sulfide) groups is 1. The van der Waals surface area contributed by atoms with Crippen LogP contribution in [0.5, 0.6) is 0 Å². The average Bonchev–Trinajstić information content (AvgIpc) is 2.97. The number of rotatable bonds is 5. The molecule has 0 radical (unpaired) electrons. The largest absolute Gasteiger partial charge is 0.308 e. The van der Waals surface area contributed by atoms with Gasteiger partial charge in [-0.05, 0) is 44.0 Å². The molecule has 1 aliphatic rings. The van der Waals surface area contributed by atoms with Crippen LogP contribution in [0.1, 0.15) is 19.4 Å². The quantitative estimate of drug-likeness (QED) is 0.716. The van der Waals surface area contributed by atoms with Gasteiger partial charge in [-0.2, -0.15) is 0 Å². The molecule has 0 saturated heterocycles. The van der Waals surface area contributed by atoms with Crippen molar-refractivity contribution in [3.63, 3.8) is 0 Å². The summed E-state index contributed by atoms with van der Waals surface area (Å²) in [6, 6.07) is 11.3. The number of para-hydroxylation sites is 1. The Kier molecular flexibility index (Phi) is 5.60. The fourth-order valence-electron chi connectivity index (χ4n) is 3.13. The third kappa shape index (κ3) is 3.88. The molecular formula is C19H23N3O3S2. The van der Waals surface area contributed by atoms with Gasteiger partial charge in [0.2, 0.25) is 15.9 Å². The number of hydrogen-bond acceptors (Lipinski definition) is 5. The Morgan fingerprint density at radius 1 is 1.26 bits per heavy atom. The maximum Gasteiger partial charge on any atom is 0.244 e. The molecule has 0 spiro atoms. The maximum atomic E-state index is 13.0. The Balaban J connectivity index is 1.74. The molecule has 144 valence electrons. The lowest BCUT2D eigenvalue weighted by atomic mass is 10.1. The molecule has 2 atom stereocenters. The van der Waals surface area contributed by atoms with E-state index in [-0.39, 0.29) is 22.1 Å². The minimum Gasteiger partial charge on any atom is -0.308 e. The van der Waals surface area contributed by atoms with Crippen LogP contribution in [-0.2, 0) is 21.2 Å². The molecule has 6 nitrogen and oxygen atoms in total. The smallest absolute Gasteiger partial charge is 0.244 e. The highest BCUT2D eigenvalue weighted by molar-refractivity contribution is 8.00. The number of hydrogen-bond donors (Lipinski definition) is 0. The zero-order chi connectivity index (χ0) is 19.8. The van der Waals surface area contributed by atoms with Crippen molar-refractivity contribution in [1.29, 1.82) is 0 Å². The van der Waals surface area contributed by atoms with E-state index in [2.05, 4.69) is 18.0 Å². The van der Waals surface area contributed by atoms with Gasteiger partial charge in [-0.15, -0.1) is 0 Å². The van der Waals surface area contributed by atoms with E-state index in [0.717, 1.165) is 16.4 Å². The molecule has 1 amide bonds. The number of pyridine rings is 1. The number of carbonyl (C=O) groups is 1. The Labute approximate surface area is 164 Å². The molecule has 2 aromatic rings. The van der Waals surface area contributed by atoms with Crippen LogP contribution >= 0.6 is 11.8 Å². The normalized spacial score (nSPS) is 17.8. The van der Waals surface area contributed by atoms with Crippen LogP contribution in [0.3, 0.4) is 0 Å². The van der Waals surface area contributed by atoms with Gasteiger partial charge >= 0.3 is 0 Å². The summed E-state index contributed by atoms with van der Waals surface area (Å²) >= 11 is 1.33. The third-order valence-corrected chi connectivity index (χ3v) is 7.41. The summed E-state index contributed by atoms with van der Waals surface area (Å²) in [5, 5.41) is 0.288. The fourth-order valence-corrected chi connectivity index (χ4v) is 4.81. The molecular weight excluding hydrogens is 382 g/mol. The van der Waals surface area contributed by atoms with Gasteiger partial charge in [-0.3, -0.25) is 4.79 Å². The summed E-state index contributed by atoms with van der Waals surface area (Å²) in [6.07, 6.45) is 2.19. The second-order valence-corrected chi connectivity index (χ2v) is 10.3. The number of anilines is 1. The number of nitrogens with zero attached hydrogens (tertiary/aromatic N) is 3. The lowest BCUT2D eigenvalue weighted by molar-refractivity contribution is -0.118. The maximum absolute atomic E-state index is 13.0. The Bertz CT molecular complexity index is 943. The standard InChI is InChI=1S/C19H23N3O3S2/c1-13-11-15-7-5-6-8-17(15)22(13)19(23)14(2)26-18-10-9-16(12-20-18)27(24,25)21(3)4/h5-10,12-14H,11H2,1-4H3/t13-,14-/m1/s1. The molecule has 0 saturated carbocycles. The van der Waals surface area contributed by atoms with Crippen molar-refractivity contribution in [1.82, 2.24) is 9.29 Å². The zero-order valence-electron chi connectivity index (χ0n) is 15.8. The molecule has 0 aliphatic carbocycles. The van der Waals surface area contributed by atoms with Crippen LogP contribution in [0.4, 0.5) is 5.69 Å². The van der Waals surface area contributed by atoms with Crippen molar-refractivity contribution in [2.75, 3.05) is 19.0 Å². The van der Waals surface area contributed by atoms with Crippen LogP contribution < -0.4 is 4.90 Å². The van der Waals surface area contributed by atoms with E-state index in [1.54, 1.807) is 6.07 Å². The lowest BCUT2D eigenvalue weighted by Gasteiger charge is -2.25. The Morgan fingerprint density at radius 3 is 2.59 bits per heavy atom. The highest BCUT2D eigenvalue weighted by Crippen LogP contribution is 2.34. The summed E-state index contributed by atoms with van der Waals surface area (Å²) in [4.78, 5) is 19.2. The zero-order valence-corrected chi connectivity index (χ0v) is 17.4. The van der Waals surface area contributed by atoms with E-state index in [4.69, 9.17) is 0 Å². The first-order valence-electron chi connectivity index (χ1n) is 8.68. The number of benzene rings is 1. The van der Waals surface area contributed by atoms with E-state index < -0.39 is 10.0 Å². The highest BCUT2D eigenvalue weighted by Gasteiger charge is 2.33. The first kappa shape index (κ1) is 19.9. The first-order chi connectivity index (χ1) is 12.7. The molecule has 1 aromatic heterocycles. The lowest BCUT2D eigenvalue weighted by Crippen LogP contribution is -2.40. The molecule has 27 heavy (non-hydrogen) atoms. The SMILES string of the molecule is C[C@@H]1Cc2ccccc2N1C(=O)[C@@H](C)Sc1ccc(S(=O)(=O)N(C)C)cn1. The van der Waals surface area contributed by atoms with Crippen LogP contribution in [0.2, 0.25) is 0 Å². The molecule has 0 unspecified atom stereocenters. The van der Waals surface area contributed by atoms with E-state index in [1.165, 1.54) is 43.7 Å². The van der Waals surface area contributed by atoms with Crippen molar-refractivity contribution in [2.45, 2.75) is 41.5 Å². The van der Waals surface area contributed by atoms with Crippen molar-refractivity contribution in [3.05, 3.63) is 48.2 Å². The Hall–Kier alpha value is -1.90. The predicted octanol–water partition coefficient (Wildman–Crippen LogP) is 2.79. The molecule has 0 fully saturated rings. The van der Waals surface area contributed by atoms with Gasteiger partial charge in [0, 0.05) is 32.0 Å². The van der Waals surface area contributed by atoms with E-state index in [0.29, 0.717) is 5.03 Å². The number of aromatic nitrogens is 1. The van der Waals surface area contributed by atoms with Crippen molar-refractivity contribution in [2.24, 2.45) is 0 Å². The number of carbonyl (C=O) groups excluding carboxylic acids is 1. The second-order valence-electron chi connectivity index (χ2n) is 6.77. The summed E-state index contributed by atoms with van der Waals surface area (Å²) < 4.78 is 25.4. The van der Waals surface area contributed by atoms with E-state index in [1.807, 2.05) is 30.0 Å². The van der Waals surface area contributed by atoms with E-state index >= 15 is 0 Å². The average molecular weight is 406 g/mol. The number of amides is 1. The fraction of sp³-hybridized carbons (Fsp3) is 0.368. The van der Waals surface area contributed by atoms with Gasteiger partial charge in [0.15, 0.2) is 0 Å². The second kappa shape index (κ2) is 7.61. The topological polar surface area (TPSA) is 70.6 Å². The van der Waals surface area contributed by atoms with Crippen molar-refractivity contribution in [3.8, 4) is 0 Å². The van der Waals surface area contributed by atoms with Crippen molar-refractivity contribution < 1.29 is 13.2 Å². The summed E-state index contributed by atoms with van der Waals surface area (Å²) in [5.41, 5.74) is 2.16. The van der Waals surface area contributed by atoms with Crippen LogP contribution in [0.15, 0.2) is 52.5 Å². The molecule has 2 heterocycles. The molecule has 0 bridgehead atoms. The molecule has 0 N–H and O–H groups in total. The summed E-state index contributed by atoms with van der Waals surface area (Å²) in [6.45, 7) is 3.90. The van der Waals surface area contributed by atoms with Gasteiger partial charge in [0.1, 0.15) is 4.90 Å². The number of fused-ring (bicyclic) bond motifs is 1. The first-order valence-corrected chi connectivity index (χ1v) is 11.0. The summed E-state index contributed by atoms with van der Waals surface area (Å²) in [7, 11) is -0.546. The van der Waals surface area contributed by atoms with Gasteiger partial charge < -0.3 is 4.90 Å². The van der Waals surface area contributed by atoms with E-state index in [9.17, 15) is 13.2 Å². The number of sulfonamides is 1. The van der Waals surface area contributed by atoms with Gasteiger partial charge in [-0.25, -0.2) is 17.7 Å². The molecule has 3 rings (SSSR count). The third-order valence-electron chi connectivity index (χ3n) is 4.58. The minimum absolute atomic E-state index is 0.0317. The minimum atomic E-state index is -3.51. The monoisotopic (exact) mass is 405 g/mol. The highest BCUT2D eigenvalue weighted by atomic mass is 32.2. The molecule has 1 aliphatic heterocycles.